The molecule has 0 saturated heterocycles. The first-order valence-electron chi connectivity index (χ1n) is 6.28. The molecule has 0 saturated carbocycles. The van der Waals surface area contributed by atoms with Crippen molar-refractivity contribution in [3.8, 4) is 0 Å². The van der Waals surface area contributed by atoms with Gasteiger partial charge in [0.2, 0.25) is 0 Å². The molecule has 0 aliphatic heterocycles. The Morgan fingerprint density at radius 1 is 1.50 bits per heavy atom. The molecule has 6 nitrogen and oxygen atoms in total. The Bertz CT molecular complexity index is 493. The predicted octanol–water partition coefficient (Wildman–Crippen LogP) is 2.50. The van der Waals surface area contributed by atoms with E-state index in [2.05, 4.69) is 21.2 Å². The summed E-state index contributed by atoms with van der Waals surface area (Å²) in [4.78, 5) is 22.1. The summed E-state index contributed by atoms with van der Waals surface area (Å²) in [6.45, 7) is 2.54. The predicted molar refractivity (Wildman–Crippen MR) is 78.6 cm³/mol. The molecular weight excluding hydrogens is 328 g/mol. The van der Waals surface area contributed by atoms with E-state index in [0.29, 0.717) is 11.0 Å². The molecule has 1 aromatic carbocycles. The van der Waals surface area contributed by atoms with E-state index in [1.54, 1.807) is 6.07 Å². The molecule has 1 atom stereocenters. The summed E-state index contributed by atoms with van der Waals surface area (Å²) in [6, 6.07) is 4.13. The standard InChI is InChI=1S/C13H17BrN2O4/c1-9(8-17)3-2-4-15-13(18)10-5-11(14)7-12(6-10)16(19)20/h5-7,9,17H,2-4,8H2,1H3,(H,15,18). The number of hydrogen-bond acceptors (Lipinski definition) is 4. The average molecular weight is 345 g/mol. The molecule has 0 bridgehead atoms. The zero-order valence-corrected chi connectivity index (χ0v) is 12.7. The number of halogens is 1. The summed E-state index contributed by atoms with van der Waals surface area (Å²) < 4.78 is 0.491. The lowest BCUT2D eigenvalue weighted by molar-refractivity contribution is -0.385. The number of carbonyl (C=O) groups is 1. The fraction of sp³-hybridized carbons (Fsp3) is 0.462. The molecule has 0 aliphatic carbocycles. The largest absolute Gasteiger partial charge is 0.396 e. The average Bonchev–Trinajstić information content (AvgIpc) is 2.42. The summed E-state index contributed by atoms with van der Waals surface area (Å²) in [5.74, 6) is -0.134. The van der Waals surface area contributed by atoms with E-state index in [4.69, 9.17) is 5.11 Å². The number of nitro groups is 1. The van der Waals surface area contributed by atoms with Crippen molar-refractivity contribution < 1.29 is 14.8 Å². The van der Waals surface area contributed by atoms with E-state index in [1.807, 2.05) is 6.92 Å². The van der Waals surface area contributed by atoms with Crippen molar-refractivity contribution in [3.63, 3.8) is 0 Å². The van der Waals surface area contributed by atoms with Crippen LogP contribution in [0.2, 0.25) is 0 Å². The Hall–Kier alpha value is -1.47. The lowest BCUT2D eigenvalue weighted by Gasteiger charge is -2.08. The molecular formula is C13H17BrN2O4. The number of hydrogen-bond donors (Lipinski definition) is 2. The Morgan fingerprint density at radius 3 is 2.80 bits per heavy atom. The zero-order chi connectivity index (χ0) is 15.1. The summed E-state index contributed by atoms with van der Waals surface area (Å²) in [7, 11) is 0. The second-order valence-electron chi connectivity index (χ2n) is 4.64. The maximum absolute atomic E-state index is 11.9. The SMILES string of the molecule is CC(CO)CCCNC(=O)c1cc(Br)cc([N+](=O)[O-])c1. The van der Waals surface area contributed by atoms with Gasteiger partial charge in [0, 0.05) is 35.3 Å². The Balaban J connectivity index is 2.57. The number of amides is 1. The first-order valence-corrected chi connectivity index (χ1v) is 7.07. The normalized spacial score (nSPS) is 11.9. The van der Waals surface area contributed by atoms with Crippen LogP contribution in [0.5, 0.6) is 0 Å². The van der Waals surface area contributed by atoms with Gasteiger partial charge in [-0.25, -0.2) is 0 Å². The van der Waals surface area contributed by atoms with Crippen molar-refractivity contribution in [2.75, 3.05) is 13.2 Å². The van der Waals surface area contributed by atoms with Crippen molar-refractivity contribution >= 4 is 27.5 Å². The number of non-ortho nitro benzene ring substituents is 1. The summed E-state index contributed by atoms with van der Waals surface area (Å²) in [6.07, 6.45) is 1.57. The molecule has 1 rings (SSSR count). The lowest BCUT2D eigenvalue weighted by Crippen LogP contribution is -2.25. The molecule has 110 valence electrons. The number of aliphatic hydroxyl groups excluding tert-OH is 1. The summed E-state index contributed by atoms with van der Waals surface area (Å²) in [5, 5.41) is 22.3. The van der Waals surface area contributed by atoms with Crippen LogP contribution in [-0.2, 0) is 0 Å². The van der Waals surface area contributed by atoms with Crippen LogP contribution in [0.1, 0.15) is 30.1 Å². The number of rotatable bonds is 7. The minimum absolute atomic E-state index is 0.126. The van der Waals surface area contributed by atoms with Crippen LogP contribution >= 0.6 is 15.9 Å². The highest BCUT2D eigenvalue weighted by Crippen LogP contribution is 2.21. The third-order valence-corrected chi connectivity index (χ3v) is 3.28. The second-order valence-corrected chi connectivity index (χ2v) is 5.56. The molecule has 7 heteroatoms. The minimum atomic E-state index is -0.537. The molecule has 0 aromatic heterocycles. The van der Waals surface area contributed by atoms with E-state index in [0.717, 1.165) is 12.8 Å². The fourth-order valence-corrected chi connectivity index (χ4v) is 2.14. The number of nitrogens with zero attached hydrogens (tertiary/aromatic N) is 1. The van der Waals surface area contributed by atoms with E-state index < -0.39 is 4.92 Å². The zero-order valence-electron chi connectivity index (χ0n) is 11.1. The Kier molecular flexibility index (Phi) is 6.60. The van der Waals surface area contributed by atoms with Gasteiger partial charge in [0.05, 0.1) is 4.92 Å². The number of benzene rings is 1. The Labute approximate surface area is 125 Å². The molecule has 0 aliphatic rings. The quantitative estimate of drug-likeness (QED) is 0.451. The third-order valence-electron chi connectivity index (χ3n) is 2.83. The van der Waals surface area contributed by atoms with E-state index in [1.165, 1.54) is 12.1 Å². The second kappa shape index (κ2) is 7.96. The third kappa shape index (κ3) is 5.26. The van der Waals surface area contributed by atoms with Gasteiger partial charge in [-0.1, -0.05) is 22.9 Å². The van der Waals surface area contributed by atoms with Gasteiger partial charge in [-0.3, -0.25) is 14.9 Å². The molecule has 0 spiro atoms. The van der Waals surface area contributed by atoms with Gasteiger partial charge in [-0.2, -0.15) is 0 Å². The number of nitro benzene ring substituents is 1. The van der Waals surface area contributed by atoms with Crippen LogP contribution < -0.4 is 5.32 Å². The van der Waals surface area contributed by atoms with Gasteiger partial charge in [0.25, 0.3) is 11.6 Å². The van der Waals surface area contributed by atoms with E-state index >= 15 is 0 Å². The van der Waals surface area contributed by atoms with Crippen molar-refractivity contribution in [2.24, 2.45) is 5.92 Å². The number of nitrogens with one attached hydrogen (secondary N) is 1. The van der Waals surface area contributed by atoms with Gasteiger partial charge in [0.15, 0.2) is 0 Å². The van der Waals surface area contributed by atoms with Crippen LogP contribution in [-0.4, -0.2) is 29.1 Å². The first kappa shape index (κ1) is 16.6. The van der Waals surface area contributed by atoms with Crippen molar-refractivity contribution in [3.05, 3.63) is 38.3 Å². The van der Waals surface area contributed by atoms with Gasteiger partial charge < -0.3 is 10.4 Å². The fourth-order valence-electron chi connectivity index (χ4n) is 1.66. The minimum Gasteiger partial charge on any atom is -0.396 e. The van der Waals surface area contributed by atoms with Crippen molar-refractivity contribution in [1.82, 2.24) is 5.32 Å². The monoisotopic (exact) mass is 344 g/mol. The maximum atomic E-state index is 11.9. The summed E-state index contributed by atoms with van der Waals surface area (Å²) >= 11 is 3.15. The molecule has 0 fully saturated rings. The van der Waals surface area contributed by atoms with Crippen LogP contribution in [0.3, 0.4) is 0 Å². The molecule has 20 heavy (non-hydrogen) atoms. The molecule has 2 N–H and O–H groups in total. The smallest absolute Gasteiger partial charge is 0.271 e. The molecule has 0 heterocycles. The number of aliphatic hydroxyl groups is 1. The van der Waals surface area contributed by atoms with E-state index in [-0.39, 0.29) is 29.7 Å². The lowest BCUT2D eigenvalue weighted by atomic mass is 10.1. The maximum Gasteiger partial charge on any atom is 0.271 e. The van der Waals surface area contributed by atoms with Crippen LogP contribution in [0, 0.1) is 16.0 Å². The molecule has 1 unspecified atom stereocenters. The highest BCUT2D eigenvalue weighted by molar-refractivity contribution is 9.10. The first-order chi connectivity index (χ1) is 9.43. The van der Waals surface area contributed by atoms with E-state index in [9.17, 15) is 14.9 Å². The van der Waals surface area contributed by atoms with Gasteiger partial charge in [0.1, 0.15) is 0 Å². The van der Waals surface area contributed by atoms with Crippen molar-refractivity contribution in [1.29, 1.82) is 0 Å². The van der Waals surface area contributed by atoms with Crippen LogP contribution in [0.25, 0.3) is 0 Å². The van der Waals surface area contributed by atoms with Gasteiger partial charge in [-0.05, 0) is 24.8 Å². The highest BCUT2D eigenvalue weighted by Gasteiger charge is 2.13. The van der Waals surface area contributed by atoms with Crippen LogP contribution in [0.15, 0.2) is 22.7 Å². The topological polar surface area (TPSA) is 92.5 Å². The van der Waals surface area contributed by atoms with Crippen LogP contribution in [0.4, 0.5) is 5.69 Å². The molecule has 1 amide bonds. The Morgan fingerprint density at radius 2 is 2.20 bits per heavy atom. The van der Waals surface area contributed by atoms with Gasteiger partial charge in [-0.15, -0.1) is 0 Å². The highest BCUT2D eigenvalue weighted by atomic mass is 79.9. The summed E-state index contributed by atoms with van der Waals surface area (Å²) in [5.41, 5.74) is 0.125. The van der Waals surface area contributed by atoms with Crippen molar-refractivity contribution in [2.45, 2.75) is 19.8 Å². The number of carbonyl (C=O) groups excluding carboxylic acids is 1. The molecule has 0 radical (unpaired) electrons. The van der Waals surface area contributed by atoms with Gasteiger partial charge >= 0.3 is 0 Å². The molecule has 1 aromatic rings.